The van der Waals surface area contributed by atoms with Gasteiger partial charge in [-0.3, -0.25) is 4.79 Å². The van der Waals surface area contributed by atoms with E-state index in [9.17, 15) is 4.79 Å². The Morgan fingerprint density at radius 3 is 1.92 bits per heavy atom. The highest BCUT2D eigenvalue weighted by Gasteiger charge is 2.21. The molecule has 0 bridgehead atoms. The molecule has 1 N–H and O–H groups in total. The number of halogens is 1. The Balaban J connectivity index is 0. The molecule has 0 aliphatic heterocycles. The summed E-state index contributed by atoms with van der Waals surface area (Å²) in [4.78, 5) is 12.6. The molecule has 0 aromatic rings. The van der Waals surface area contributed by atoms with Crippen molar-refractivity contribution in [3.8, 4) is 0 Å². The van der Waals surface area contributed by atoms with E-state index < -0.39 is 5.97 Å². The maximum absolute atomic E-state index is 10.6. The second kappa shape index (κ2) is 6.26. The van der Waals surface area contributed by atoms with Crippen molar-refractivity contribution in [2.45, 2.75) is 13.8 Å². The van der Waals surface area contributed by atoms with Crippen LogP contribution in [0.2, 0.25) is 0 Å². The molecule has 0 aromatic carbocycles. The summed E-state index contributed by atoms with van der Waals surface area (Å²) in [5, 5.41) is 8.77. The van der Waals surface area contributed by atoms with Gasteiger partial charge >= 0.3 is 5.97 Å². The van der Waals surface area contributed by atoms with Crippen LogP contribution in [0.25, 0.3) is 0 Å². The van der Waals surface area contributed by atoms with Crippen molar-refractivity contribution in [3.05, 3.63) is 0 Å². The number of carbonyl (C=O) groups is 1. The first kappa shape index (κ1) is 14.3. The zero-order valence-corrected chi connectivity index (χ0v) is 8.89. The zero-order chi connectivity index (χ0) is 9.02. The van der Waals surface area contributed by atoms with E-state index >= 15 is 0 Å². The normalized spacial score (nSPS) is 12.8. The van der Waals surface area contributed by atoms with Crippen LogP contribution >= 0.6 is 12.4 Å². The summed E-state index contributed by atoms with van der Waals surface area (Å²) in [6, 6.07) is 0. The summed E-state index contributed by atoms with van der Waals surface area (Å²) in [7, 11) is 3.77. The minimum atomic E-state index is -0.700. The third-order valence-electron chi connectivity index (χ3n) is 1.68. The van der Waals surface area contributed by atoms with Crippen LogP contribution in [0.1, 0.15) is 13.8 Å². The summed E-state index contributed by atoms with van der Waals surface area (Å²) < 4.78 is 0. The van der Waals surface area contributed by atoms with Gasteiger partial charge in [-0.1, -0.05) is 13.8 Å². The fourth-order valence-corrected chi connectivity index (χ4v) is 0.967. The standard InChI is InChI=1S/C8H17NO2.ClH/c1-6(2)7(8(10)11)5-9(3)4;/h6-7H,5H2,1-4H3,(H,10,11);1H. The molecule has 1 unspecified atom stereocenters. The van der Waals surface area contributed by atoms with Crippen molar-refractivity contribution < 1.29 is 9.90 Å². The minimum Gasteiger partial charge on any atom is -0.481 e. The molecule has 0 aromatic heterocycles. The lowest BCUT2D eigenvalue weighted by atomic mass is 9.96. The fraction of sp³-hybridized carbons (Fsp3) is 0.875. The van der Waals surface area contributed by atoms with E-state index in [1.807, 2.05) is 32.8 Å². The van der Waals surface area contributed by atoms with Crippen molar-refractivity contribution >= 4 is 18.4 Å². The lowest BCUT2D eigenvalue weighted by molar-refractivity contribution is -0.143. The van der Waals surface area contributed by atoms with Crippen molar-refractivity contribution in [2.75, 3.05) is 20.6 Å². The first-order valence-electron chi connectivity index (χ1n) is 3.82. The molecule has 0 aliphatic carbocycles. The Morgan fingerprint density at radius 2 is 1.83 bits per heavy atom. The van der Waals surface area contributed by atoms with Gasteiger partial charge in [0.25, 0.3) is 0 Å². The largest absolute Gasteiger partial charge is 0.481 e. The van der Waals surface area contributed by atoms with Gasteiger partial charge in [0, 0.05) is 6.54 Å². The Bertz CT molecular complexity index is 137. The van der Waals surface area contributed by atoms with Gasteiger partial charge in [-0.05, 0) is 20.0 Å². The maximum Gasteiger partial charge on any atom is 0.308 e. The molecule has 0 fully saturated rings. The van der Waals surface area contributed by atoms with E-state index in [2.05, 4.69) is 0 Å². The van der Waals surface area contributed by atoms with Crippen molar-refractivity contribution in [3.63, 3.8) is 0 Å². The number of rotatable bonds is 4. The lowest BCUT2D eigenvalue weighted by Crippen LogP contribution is -2.31. The monoisotopic (exact) mass is 195 g/mol. The number of hydrogen-bond acceptors (Lipinski definition) is 2. The van der Waals surface area contributed by atoms with E-state index in [0.717, 1.165) is 0 Å². The molecule has 12 heavy (non-hydrogen) atoms. The van der Waals surface area contributed by atoms with Crippen LogP contribution in [0.15, 0.2) is 0 Å². The van der Waals surface area contributed by atoms with Crippen molar-refractivity contribution in [2.24, 2.45) is 11.8 Å². The van der Waals surface area contributed by atoms with Crippen LogP contribution in [0.5, 0.6) is 0 Å². The smallest absolute Gasteiger partial charge is 0.308 e. The van der Waals surface area contributed by atoms with Crippen molar-refractivity contribution in [1.82, 2.24) is 4.90 Å². The fourth-order valence-electron chi connectivity index (χ4n) is 0.967. The van der Waals surface area contributed by atoms with Gasteiger partial charge in [0.05, 0.1) is 5.92 Å². The average molecular weight is 196 g/mol. The van der Waals surface area contributed by atoms with Crippen LogP contribution in [-0.2, 0) is 4.79 Å². The molecule has 0 amide bonds. The van der Waals surface area contributed by atoms with Gasteiger partial charge in [-0.25, -0.2) is 0 Å². The molecule has 1 atom stereocenters. The molecule has 3 nitrogen and oxygen atoms in total. The van der Waals surface area contributed by atoms with E-state index in [1.54, 1.807) is 0 Å². The van der Waals surface area contributed by atoms with E-state index in [0.29, 0.717) is 6.54 Å². The van der Waals surface area contributed by atoms with Gasteiger partial charge < -0.3 is 10.0 Å². The van der Waals surface area contributed by atoms with E-state index in [-0.39, 0.29) is 24.2 Å². The van der Waals surface area contributed by atoms with Crippen LogP contribution in [0.4, 0.5) is 0 Å². The molecular formula is C8H18ClNO2. The number of carboxylic acid groups (broad SMARTS) is 1. The highest BCUT2D eigenvalue weighted by atomic mass is 35.5. The van der Waals surface area contributed by atoms with Gasteiger partial charge in [0.1, 0.15) is 0 Å². The Kier molecular flexibility index (Phi) is 7.44. The molecule has 0 rings (SSSR count). The van der Waals surface area contributed by atoms with E-state index in [1.165, 1.54) is 0 Å². The van der Waals surface area contributed by atoms with Crippen LogP contribution in [0, 0.1) is 11.8 Å². The van der Waals surface area contributed by atoms with Crippen LogP contribution in [0.3, 0.4) is 0 Å². The summed E-state index contributed by atoms with van der Waals surface area (Å²) in [5.74, 6) is -0.742. The SMILES string of the molecule is CC(C)C(CN(C)C)C(=O)O.Cl. The first-order chi connectivity index (χ1) is 4.95. The Labute approximate surface area is 80.2 Å². The van der Waals surface area contributed by atoms with Gasteiger partial charge in [-0.2, -0.15) is 0 Å². The molecular weight excluding hydrogens is 178 g/mol. The third-order valence-corrected chi connectivity index (χ3v) is 1.68. The number of aliphatic carboxylic acids is 1. The number of nitrogens with zero attached hydrogens (tertiary/aromatic N) is 1. The van der Waals surface area contributed by atoms with Crippen LogP contribution < -0.4 is 0 Å². The summed E-state index contributed by atoms with van der Waals surface area (Å²) in [5.41, 5.74) is 0. The summed E-state index contributed by atoms with van der Waals surface area (Å²) in [6.07, 6.45) is 0. The quantitative estimate of drug-likeness (QED) is 0.736. The average Bonchev–Trinajstić information content (AvgIpc) is 1.81. The molecule has 74 valence electrons. The number of hydrogen-bond donors (Lipinski definition) is 1. The van der Waals surface area contributed by atoms with Gasteiger partial charge in [0.2, 0.25) is 0 Å². The molecule has 4 heteroatoms. The molecule has 0 aliphatic rings. The number of carboxylic acids is 1. The van der Waals surface area contributed by atoms with Crippen LogP contribution in [-0.4, -0.2) is 36.6 Å². The van der Waals surface area contributed by atoms with Gasteiger partial charge in [0.15, 0.2) is 0 Å². The molecule has 0 spiro atoms. The van der Waals surface area contributed by atoms with E-state index in [4.69, 9.17) is 5.11 Å². The second-order valence-corrected chi connectivity index (χ2v) is 3.45. The van der Waals surface area contributed by atoms with Crippen molar-refractivity contribution in [1.29, 1.82) is 0 Å². The predicted octanol–water partition coefficient (Wildman–Crippen LogP) is 1.33. The topological polar surface area (TPSA) is 40.5 Å². The highest BCUT2D eigenvalue weighted by Crippen LogP contribution is 2.11. The maximum atomic E-state index is 10.6. The predicted molar refractivity (Wildman–Crippen MR) is 51.8 cm³/mol. The minimum absolute atomic E-state index is 0. The molecule has 0 saturated heterocycles. The Morgan fingerprint density at radius 1 is 1.42 bits per heavy atom. The lowest BCUT2D eigenvalue weighted by Gasteiger charge is -2.19. The summed E-state index contributed by atoms with van der Waals surface area (Å²) >= 11 is 0. The molecule has 0 radical (unpaired) electrons. The first-order valence-corrected chi connectivity index (χ1v) is 3.82. The van der Waals surface area contributed by atoms with Gasteiger partial charge in [-0.15, -0.1) is 12.4 Å². The molecule has 0 saturated carbocycles. The molecule has 0 heterocycles. The zero-order valence-electron chi connectivity index (χ0n) is 8.07. The highest BCUT2D eigenvalue weighted by molar-refractivity contribution is 5.85. The summed E-state index contributed by atoms with van der Waals surface area (Å²) in [6.45, 7) is 4.48. The second-order valence-electron chi connectivity index (χ2n) is 3.45. The third kappa shape index (κ3) is 5.38. The Hall–Kier alpha value is -0.280.